The SMILES string of the molecule is CC(C)(O)c1ccc([SH](N)(=O)/N=N\C(=O)Nc2c3c(cc4c2CCC4)CCC3)c(F)c1. The maximum Gasteiger partial charge on any atom is 0.364 e. The summed E-state index contributed by atoms with van der Waals surface area (Å²) in [4.78, 5) is 12.1. The van der Waals surface area contributed by atoms with Crippen molar-refractivity contribution in [1.29, 1.82) is 0 Å². The van der Waals surface area contributed by atoms with Crippen LogP contribution in [0, 0.1) is 5.82 Å². The number of thiol groups is 1. The van der Waals surface area contributed by atoms with Gasteiger partial charge in [0.1, 0.15) is 5.82 Å². The first-order chi connectivity index (χ1) is 14.6. The molecule has 4 N–H and O–H groups in total. The molecule has 9 heteroatoms. The predicted molar refractivity (Wildman–Crippen MR) is 118 cm³/mol. The number of anilines is 1. The number of nitrogens with two attached hydrogens (primary N) is 1. The Balaban J connectivity index is 1.56. The summed E-state index contributed by atoms with van der Waals surface area (Å²) in [6.07, 6.45) is 5.85. The van der Waals surface area contributed by atoms with Crippen LogP contribution in [0.1, 0.15) is 54.5 Å². The zero-order chi connectivity index (χ0) is 22.4. The monoisotopic (exact) mass is 446 g/mol. The number of aryl methyl sites for hydroxylation is 2. The molecule has 2 aliphatic carbocycles. The molecule has 0 aromatic heterocycles. The molecule has 4 rings (SSSR count). The molecule has 0 fully saturated rings. The van der Waals surface area contributed by atoms with Gasteiger partial charge >= 0.3 is 6.03 Å². The van der Waals surface area contributed by atoms with Crippen LogP contribution >= 0.6 is 0 Å². The first-order valence-electron chi connectivity index (χ1n) is 10.4. The molecule has 2 amide bonds. The highest BCUT2D eigenvalue weighted by atomic mass is 32.3. The summed E-state index contributed by atoms with van der Waals surface area (Å²) in [6, 6.07) is 5.15. The third kappa shape index (κ3) is 4.30. The molecule has 31 heavy (non-hydrogen) atoms. The lowest BCUT2D eigenvalue weighted by Gasteiger charge is -2.20. The smallest absolute Gasteiger partial charge is 0.364 e. The van der Waals surface area contributed by atoms with Crippen LogP contribution in [0.4, 0.5) is 14.9 Å². The average molecular weight is 447 g/mol. The Hall–Kier alpha value is -2.49. The van der Waals surface area contributed by atoms with Gasteiger partial charge in [0.2, 0.25) is 0 Å². The number of hydrogen-bond acceptors (Lipinski definition) is 3. The summed E-state index contributed by atoms with van der Waals surface area (Å²) in [6.45, 7) is 3.01. The van der Waals surface area contributed by atoms with Crippen LogP contribution < -0.4 is 10.5 Å². The highest BCUT2D eigenvalue weighted by Gasteiger charge is 2.26. The number of benzene rings is 2. The van der Waals surface area contributed by atoms with Crippen LogP contribution in [-0.2, 0) is 41.6 Å². The van der Waals surface area contributed by atoms with Gasteiger partial charge < -0.3 is 10.4 Å². The molecule has 166 valence electrons. The number of halogens is 1. The van der Waals surface area contributed by atoms with Crippen molar-refractivity contribution in [3.63, 3.8) is 0 Å². The van der Waals surface area contributed by atoms with E-state index in [1.807, 2.05) is 0 Å². The minimum Gasteiger partial charge on any atom is -0.386 e. The molecular weight excluding hydrogens is 419 g/mol. The molecule has 0 unspecified atom stereocenters. The van der Waals surface area contributed by atoms with Crippen molar-refractivity contribution in [2.45, 2.75) is 62.9 Å². The van der Waals surface area contributed by atoms with Crippen LogP contribution in [0.3, 0.4) is 0 Å². The van der Waals surface area contributed by atoms with Gasteiger partial charge in [-0.15, -0.1) is 0 Å². The minimum atomic E-state index is -4.10. The van der Waals surface area contributed by atoms with Gasteiger partial charge in [0.15, 0.2) is 0 Å². The number of carbonyl (C=O) groups is 1. The predicted octanol–water partition coefficient (Wildman–Crippen LogP) is 3.88. The van der Waals surface area contributed by atoms with Gasteiger partial charge in [0.05, 0.1) is 20.8 Å². The van der Waals surface area contributed by atoms with E-state index in [1.165, 1.54) is 37.1 Å². The molecular formula is C22H27FN4O3S. The fourth-order valence-electron chi connectivity index (χ4n) is 4.40. The fourth-order valence-corrected chi connectivity index (χ4v) is 5.37. The molecule has 0 bridgehead atoms. The van der Waals surface area contributed by atoms with Gasteiger partial charge in [-0.05, 0) is 92.3 Å². The highest BCUT2D eigenvalue weighted by molar-refractivity contribution is 7.99. The van der Waals surface area contributed by atoms with E-state index in [9.17, 15) is 18.5 Å². The molecule has 2 aliphatic rings. The van der Waals surface area contributed by atoms with Crippen molar-refractivity contribution in [2.75, 3.05) is 5.32 Å². The Morgan fingerprint density at radius 3 is 2.29 bits per heavy atom. The van der Waals surface area contributed by atoms with E-state index in [2.05, 4.69) is 21.0 Å². The third-order valence-electron chi connectivity index (χ3n) is 5.97. The molecule has 2 aromatic rings. The Labute approximate surface area is 181 Å². The number of nitrogens with one attached hydrogen (secondary N) is 1. The minimum absolute atomic E-state index is 0.301. The second-order valence-electron chi connectivity index (χ2n) is 8.70. The van der Waals surface area contributed by atoms with Gasteiger partial charge in [-0.1, -0.05) is 21.8 Å². The number of rotatable bonds is 4. The molecule has 7 nitrogen and oxygen atoms in total. The molecule has 0 spiro atoms. The summed E-state index contributed by atoms with van der Waals surface area (Å²) in [7, 11) is -4.10. The molecule has 2 aromatic carbocycles. The molecule has 0 heterocycles. The molecule has 0 atom stereocenters. The molecule has 0 radical (unpaired) electrons. The largest absolute Gasteiger partial charge is 0.386 e. The number of hydrogen-bond donors (Lipinski definition) is 4. The van der Waals surface area contributed by atoms with Crippen LogP contribution in [0.15, 0.2) is 38.8 Å². The van der Waals surface area contributed by atoms with Crippen LogP contribution in [0.2, 0.25) is 0 Å². The van der Waals surface area contributed by atoms with Crippen molar-refractivity contribution >= 4 is 22.0 Å². The molecule has 0 aliphatic heterocycles. The van der Waals surface area contributed by atoms with E-state index in [4.69, 9.17) is 5.14 Å². The number of fused-ring (bicyclic) bond motifs is 2. The Morgan fingerprint density at radius 1 is 1.13 bits per heavy atom. The Kier molecular flexibility index (Phi) is 5.53. The number of aliphatic hydroxyl groups is 1. The second kappa shape index (κ2) is 7.89. The van der Waals surface area contributed by atoms with E-state index in [0.717, 1.165) is 61.4 Å². The van der Waals surface area contributed by atoms with E-state index < -0.39 is 27.8 Å². The second-order valence-corrected chi connectivity index (χ2v) is 10.6. The summed E-state index contributed by atoms with van der Waals surface area (Å²) < 4.78 is 30.8. The standard InChI is InChI=1S/C22H27FN4O3S/c1-22(2,29)15-9-10-19(18(23)12-15)31(24,30)27-26-21(28)25-20-16-7-3-5-13(16)11-14-6-4-8-17(14)20/h9-12,29,31H,3-8H2,1-2H3,(H2,24,30)(H,25,28)/b27-26-. The number of nitrogens with zero attached hydrogens (tertiary/aromatic N) is 2. The number of carbonyl (C=O) groups excluding carboxylic acids is 1. The van der Waals surface area contributed by atoms with Gasteiger partial charge in [-0.2, -0.15) is 0 Å². The zero-order valence-electron chi connectivity index (χ0n) is 17.6. The number of amides is 2. The van der Waals surface area contributed by atoms with Gasteiger partial charge in [0, 0.05) is 5.69 Å². The lowest BCUT2D eigenvalue weighted by atomic mass is 9.99. The summed E-state index contributed by atoms with van der Waals surface area (Å²) >= 11 is 0. The highest BCUT2D eigenvalue weighted by Crippen LogP contribution is 2.38. The summed E-state index contributed by atoms with van der Waals surface area (Å²) in [5, 5.41) is 22.0. The Morgan fingerprint density at radius 2 is 1.74 bits per heavy atom. The fraction of sp³-hybridized carbons (Fsp3) is 0.409. The van der Waals surface area contributed by atoms with E-state index in [1.54, 1.807) is 0 Å². The average Bonchev–Trinajstić information content (AvgIpc) is 3.34. The van der Waals surface area contributed by atoms with Gasteiger partial charge in [-0.25, -0.2) is 13.4 Å². The molecule has 0 saturated heterocycles. The van der Waals surface area contributed by atoms with Crippen molar-refractivity contribution in [3.8, 4) is 0 Å². The van der Waals surface area contributed by atoms with Gasteiger partial charge in [0.25, 0.3) is 0 Å². The van der Waals surface area contributed by atoms with Crippen molar-refractivity contribution in [3.05, 3.63) is 57.9 Å². The lowest BCUT2D eigenvalue weighted by molar-refractivity contribution is 0.0781. The van der Waals surface area contributed by atoms with Crippen LogP contribution in [0.5, 0.6) is 0 Å². The quantitative estimate of drug-likeness (QED) is 0.422. The van der Waals surface area contributed by atoms with Crippen molar-refractivity contribution < 1.29 is 18.5 Å². The van der Waals surface area contributed by atoms with Crippen molar-refractivity contribution in [2.24, 2.45) is 14.8 Å². The maximum atomic E-state index is 14.5. The first kappa shape index (κ1) is 21.7. The van der Waals surface area contributed by atoms with E-state index in [-0.39, 0.29) is 4.90 Å². The Bertz CT molecular complexity index is 1110. The van der Waals surface area contributed by atoms with Gasteiger partial charge in [-0.3, -0.25) is 5.14 Å². The van der Waals surface area contributed by atoms with E-state index >= 15 is 0 Å². The first-order valence-corrected chi connectivity index (χ1v) is 12.1. The molecule has 0 saturated carbocycles. The number of urea groups is 1. The lowest BCUT2D eigenvalue weighted by Crippen LogP contribution is -2.23. The zero-order valence-corrected chi connectivity index (χ0v) is 18.5. The summed E-state index contributed by atoms with van der Waals surface area (Å²) in [5.74, 6) is -0.872. The normalized spacial score (nSPS) is 16.4. The third-order valence-corrected chi connectivity index (χ3v) is 7.38. The van der Waals surface area contributed by atoms with Crippen LogP contribution in [-0.4, -0.2) is 15.3 Å². The van der Waals surface area contributed by atoms with E-state index in [0.29, 0.717) is 5.56 Å². The van der Waals surface area contributed by atoms with Crippen molar-refractivity contribution in [1.82, 2.24) is 0 Å². The topological polar surface area (TPSA) is 117 Å². The summed E-state index contributed by atoms with van der Waals surface area (Å²) in [5.41, 5.74) is 4.60. The van der Waals surface area contributed by atoms with Crippen LogP contribution in [0.25, 0.3) is 0 Å². The maximum absolute atomic E-state index is 14.5.